The van der Waals surface area contributed by atoms with Gasteiger partial charge in [-0.25, -0.2) is 13.8 Å². The third-order valence-corrected chi connectivity index (χ3v) is 6.03. The first-order chi connectivity index (χ1) is 16.5. The van der Waals surface area contributed by atoms with Gasteiger partial charge in [0.05, 0.1) is 11.8 Å². The smallest absolute Gasteiger partial charge is 0.256 e. The fourth-order valence-corrected chi connectivity index (χ4v) is 4.26. The summed E-state index contributed by atoms with van der Waals surface area (Å²) in [5, 5.41) is 0. The van der Waals surface area contributed by atoms with Gasteiger partial charge in [0.15, 0.2) is 0 Å². The normalized spacial score (nSPS) is 15.6. The number of carbonyl (C=O) groups excluding carboxylic acids is 1. The average molecular weight is 459 g/mol. The number of nitrogens with zero attached hydrogens (tertiary/aromatic N) is 3. The van der Waals surface area contributed by atoms with Crippen LogP contribution in [-0.4, -0.2) is 27.3 Å². The van der Waals surface area contributed by atoms with E-state index in [0.717, 1.165) is 29.7 Å². The first-order valence-electron chi connectivity index (χ1n) is 11.2. The van der Waals surface area contributed by atoms with Crippen molar-refractivity contribution < 1.29 is 18.0 Å². The highest BCUT2D eigenvalue weighted by atomic mass is 19.1. The van der Waals surface area contributed by atoms with Crippen LogP contribution in [0.1, 0.15) is 57.7 Å². The minimum atomic E-state index is -0.278. The SMILES string of the molecule is O=C(c1ccc(Cc2ccc(F)cc2)nc1)N1CCC[C@@H]1c1ncc(Cc2ccc(F)cc2)o1. The van der Waals surface area contributed by atoms with E-state index < -0.39 is 0 Å². The molecule has 1 aliphatic heterocycles. The third kappa shape index (κ3) is 4.88. The van der Waals surface area contributed by atoms with Crippen molar-refractivity contribution in [1.29, 1.82) is 0 Å². The van der Waals surface area contributed by atoms with Gasteiger partial charge < -0.3 is 9.32 Å². The Hall–Kier alpha value is -3.87. The molecular weight excluding hydrogens is 436 g/mol. The zero-order valence-electron chi connectivity index (χ0n) is 18.5. The number of amides is 1. The second kappa shape index (κ2) is 9.55. The molecule has 3 heterocycles. The Morgan fingerprint density at radius 2 is 1.56 bits per heavy atom. The molecule has 1 saturated heterocycles. The molecule has 1 fully saturated rings. The Balaban J connectivity index is 1.26. The standard InChI is InChI=1S/C27H23F2N3O2/c28-21-8-3-18(4-9-21)14-23-12-7-20(16-30-23)27(33)32-13-1-2-25(32)26-31-17-24(34-26)15-19-5-10-22(29)11-6-19/h3-12,16-17,25H,1-2,13-15H2/t25-/m1/s1. The molecule has 1 amide bonds. The molecular formula is C27H23F2N3O2. The number of rotatable bonds is 6. The van der Waals surface area contributed by atoms with Crippen LogP contribution < -0.4 is 0 Å². The highest BCUT2D eigenvalue weighted by Crippen LogP contribution is 2.33. The summed E-state index contributed by atoms with van der Waals surface area (Å²) in [7, 11) is 0. The quantitative estimate of drug-likeness (QED) is 0.382. The first-order valence-corrected chi connectivity index (χ1v) is 11.2. The van der Waals surface area contributed by atoms with E-state index in [4.69, 9.17) is 4.42 Å². The number of benzene rings is 2. The average Bonchev–Trinajstić information content (AvgIpc) is 3.52. The molecule has 7 heteroatoms. The molecule has 5 rings (SSSR count). The van der Waals surface area contributed by atoms with Crippen molar-refractivity contribution in [3.63, 3.8) is 0 Å². The lowest BCUT2D eigenvalue weighted by Gasteiger charge is -2.22. The molecule has 4 aromatic rings. The van der Waals surface area contributed by atoms with Gasteiger partial charge in [-0.3, -0.25) is 9.78 Å². The first kappa shape index (κ1) is 21.9. The zero-order chi connectivity index (χ0) is 23.5. The van der Waals surface area contributed by atoms with Crippen LogP contribution in [0.5, 0.6) is 0 Å². The molecule has 0 unspecified atom stereocenters. The Bertz CT molecular complexity index is 1270. The predicted molar refractivity (Wildman–Crippen MR) is 122 cm³/mol. The van der Waals surface area contributed by atoms with Gasteiger partial charge in [-0.15, -0.1) is 0 Å². The van der Waals surface area contributed by atoms with Crippen molar-refractivity contribution in [1.82, 2.24) is 14.9 Å². The molecule has 2 aromatic heterocycles. The number of hydrogen-bond acceptors (Lipinski definition) is 4. The van der Waals surface area contributed by atoms with Crippen molar-refractivity contribution >= 4 is 5.91 Å². The predicted octanol–water partition coefficient (Wildman–Crippen LogP) is 5.51. The van der Waals surface area contributed by atoms with Crippen LogP contribution in [0.4, 0.5) is 8.78 Å². The Morgan fingerprint density at radius 1 is 0.882 bits per heavy atom. The van der Waals surface area contributed by atoms with E-state index in [0.29, 0.717) is 36.6 Å². The molecule has 1 atom stereocenters. The topological polar surface area (TPSA) is 59.2 Å². The van der Waals surface area contributed by atoms with Gasteiger partial charge in [0.25, 0.3) is 5.91 Å². The van der Waals surface area contributed by atoms with Crippen LogP contribution in [0.3, 0.4) is 0 Å². The molecule has 5 nitrogen and oxygen atoms in total. The van der Waals surface area contributed by atoms with Crippen LogP contribution in [0.15, 0.2) is 77.5 Å². The summed E-state index contributed by atoms with van der Waals surface area (Å²) in [4.78, 5) is 23.9. The van der Waals surface area contributed by atoms with Crippen molar-refractivity contribution in [2.24, 2.45) is 0 Å². The van der Waals surface area contributed by atoms with Crippen LogP contribution in [0.25, 0.3) is 0 Å². The lowest BCUT2D eigenvalue weighted by atomic mass is 10.1. The molecule has 2 aromatic carbocycles. The zero-order valence-corrected chi connectivity index (χ0v) is 18.5. The van der Waals surface area contributed by atoms with Gasteiger partial charge in [-0.05, 0) is 60.4 Å². The number of likely N-dealkylation sites (tertiary alicyclic amines) is 1. The van der Waals surface area contributed by atoms with E-state index in [1.54, 1.807) is 47.6 Å². The molecule has 0 bridgehead atoms. The summed E-state index contributed by atoms with van der Waals surface area (Å²) >= 11 is 0. The number of carbonyl (C=O) groups is 1. The minimum absolute atomic E-state index is 0.110. The summed E-state index contributed by atoms with van der Waals surface area (Å²) in [6, 6.07) is 16.0. The highest BCUT2D eigenvalue weighted by Gasteiger charge is 2.34. The summed E-state index contributed by atoms with van der Waals surface area (Å²) in [5.74, 6) is 0.532. The second-order valence-electron chi connectivity index (χ2n) is 8.47. The molecule has 0 saturated carbocycles. The van der Waals surface area contributed by atoms with Gasteiger partial charge in [-0.1, -0.05) is 24.3 Å². The van der Waals surface area contributed by atoms with Gasteiger partial charge in [0.2, 0.25) is 5.89 Å². The minimum Gasteiger partial charge on any atom is -0.443 e. The van der Waals surface area contributed by atoms with E-state index in [1.807, 2.05) is 6.07 Å². The lowest BCUT2D eigenvalue weighted by molar-refractivity contribution is 0.0714. The fourth-order valence-electron chi connectivity index (χ4n) is 4.26. The van der Waals surface area contributed by atoms with E-state index in [1.165, 1.54) is 24.3 Å². The number of oxazole rings is 1. The van der Waals surface area contributed by atoms with Crippen LogP contribution in [0.2, 0.25) is 0 Å². The fraction of sp³-hybridized carbons (Fsp3) is 0.222. The summed E-state index contributed by atoms with van der Waals surface area (Å²) in [5.41, 5.74) is 3.19. The van der Waals surface area contributed by atoms with Gasteiger partial charge in [0, 0.05) is 31.3 Å². The summed E-state index contributed by atoms with van der Waals surface area (Å²) in [6.07, 6.45) is 5.97. The van der Waals surface area contributed by atoms with Crippen molar-refractivity contribution in [3.05, 3.63) is 119 Å². The van der Waals surface area contributed by atoms with E-state index in [9.17, 15) is 13.6 Å². The van der Waals surface area contributed by atoms with Gasteiger partial charge in [-0.2, -0.15) is 0 Å². The molecule has 0 N–H and O–H groups in total. The maximum atomic E-state index is 13.2. The highest BCUT2D eigenvalue weighted by molar-refractivity contribution is 5.94. The lowest BCUT2D eigenvalue weighted by Crippen LogP contribution is -2.30. The van der Waals surface area contributed by atoms with Crippen LogP contribution in [0, 0.1) is 11.6 Å². The molecule has 172 valence electrons. The number of pyridine rings is 1. The maximum absolute atomic E-state index is 13.2. The van der Waals surface area contributed by atoms with E-state index in [-0.39, 0.29) is 23.6 Å². The molecule has 0 radical (unpaired) electrons. The Kier molecular flexibility index (Phi) is 6.16. The third-order valence-electron chi connectivity index (χ3n) is 6.03. The number of aromatic nitrogens is 2. The van der Waals surface area contributed by atoms with Crippen molar-refractivity contribution in [2.75, 3.05) is 6.54 Å². The summed E-state index contributed by atoms with van der Waals surface area (Å²) in [6.45, 7) is 0.622. The second-order valence-corrected chi connectivity index (χ2v) is 8.47. The Labute approximate surface area is 196 Å². The Morgan fingerprint density at radius 3 is 2.21 bits per heavy atom. The molecule has 1 aliphatic rings. The molecule has 0 aliphatic carbocycles. The number of hydrogen-bond donors (Lipinski definition) is 0. The van der Waals surface area contributed by atoms with Crippen molar-refractivity contribution in [2.45, 2.75) is 31.7 Å². The van der Waals surface area contributed by atoms with E-state index in [2.05, 4.69) is 9.97 Å². The van der Waals surface area contributed by atoms with Gasteiger partial charge in [0.1, 0.15) is 23.4 Å². The number of halogens is 2. The van der Waals surface area contributed by atoms with Crippen LogP contribution >= 0.6 is 0 Å². The summed E-state index contributed by atoms with van der Waals surface area (Å²) < 4.78 is 32.2. The molecule has 0 spiro atoms. The van der Waals surface area contributed by atoms with Crippen molar-refractivity contribution in [3.8, 4) is 0 Å². The maximum Gasteiger partial charge on any atom is 0.256 e. The van der Waals surface area contributed by atoms with Crippen LogP contribution in [-0.2, 0) is 12.8 Å². The molecule has 34 heavy (non-hydrogen) atoms. The van der Waals surface area contributed by atoms with E-state index >= 15 is 0 Å². The largest absolute Gasteiger partial charge is 0.443 e. The van der Waals surface area contributed by atoms with Gasteiger partial charge >= 0.3 is 0 Å². The monoisotopic (exact) mass is 459 g/mol.